The lowest BCUT2D eigenvalue weighted by Gasteiger charge is -2.33. The number of hydrogen-bond donors (Lipinski definition) is 0. The Morgan fingerprint density at radius 1 is 1.12 bits per heavy atom. The summed E-state index contributed by atoms with van der Waals surface area (Å²) in [6.07, 6.45) is 1.70. The molecule has 6 heteroatoms. The van der Waals surface area contributed by atoms with Crippen LogP contribution in [0, 0.1) is 0 Å². The van der Waals surface area contributed by atoms with Gasteiger partial charge in [0.1, 0.15) is 18.7 Å². The molecule has 2 aromatic rings. The van der Waals surface area contributed by atoms with Gasteiger partial charge in [-0.25, -0.2) is 9.78 Å². The molecule has 0 radical (unpaired) electrons. The molecule has 25 heavy (non-hydrogen) atoms. The minimum absolute atomic E-state index is 0.139. The number of esters is 1. The number of nitrogens with zero attached hydrogens (tertiary/aromatic N) is 2. The molecule has 3 rings (SSSR count). The number of halogens is 1. The van der Waals surface area contributed by atoms with E-state index >= 15 is 0 Å². The quantitative estimate of drug-likeness (QED) is 0.786. The third kappa shape index (κ3) is 4.23. The van der Waals surface area contributed by atoms with Gasteiger partial charge >= 0.3 is 5.97 Å². The number of rotatable bonds is 4. The van der Waals surface area contributed by atoms with Crippen molar-refractivity contribution in [1.82, 2.24) is 0 Å². The van der Waals surface area contributed by atoms with Crippen molar-refractivity contribution < 1.29 is 14.5 Å². The molecular formula is C19H23ClN3O2+. The second-order valence-electron chi connectivity index (χ2n) is 6.34. The Morgan fingerprint density at radius 3 is 2.52 bits per heavy atom. The van der Waals surface area contributed by atoms with Crippen LogP contribution in [0.5, 0.6) is 0 Å². The summed E-state index contributed by atoms with van der Waals surface area (Å²) in [5, 5.41) is 0.745. The van der Waals surface area contributed by atoms with Crippen LogP contribution in [-0.2, 0) is 4.74 Å². The highest BCUT2D eigenvalue weighted by Crippen LogP contribution is 2.23. The van der Waals surface area contributed by atoms with Crippen LogP contribution in [-0.4, -0.2) is 38.3 Å². The van der Waals surface area contributed by atoms with Gasteiger partial charge < -0.3 is 9.64 Å². The van der Waals surface area contributed by atoms with E-state index in [1.165, 1.54) is 0 Å². The minimum atomic E-state index is -0.292. The summed E-state index contributed by atoms with van der Waals surface area (Å²) in [5.74, 6) is 0.526. The predicted octanol–water partition coefficient (Wildman–Crippen LogP) is 3.05. The molecule has 132 valence electrons. The van der Waals surface area contributed by atoms with Gasteiger partial charge in [0.15, 0.2) is 0 Å². The minimum Gasteiger partial charge on any atom is -0.459 e. The number of carbonyl (C=O) groups excluding carboxylic acids is 1. The Bertz CT molecular complexity index is 743. The molecule has 0 aliphatic carbocycles. The number of H-pyrrole nitrogens is 1. The van der Waals surface area contributed by atoms with Crippen LogP contribution in [0.1, 0.15) is 24.2 Å². The van der Waals surface area contributed by atoms with Crippen LogP contribution in [0.3, 0.4) is 0 Å². The van der Waals surface area contributed by atoms with Crippen LogP contribution in [0.25, 0.3) is 0 Å². The van der Waals surface area contributed by atoms with Crippen LogP contribution < -0.4 is 14.8 Å². The van der Waals surface area contributed by atoms with Gasteiger partial charge in [0.25, 0.3) is 5.82 Å². The van der Waals surface area contributed by atoms with Gasteiger partial charge in [0, 0.05) is 10.7 Å². The van der Waals surface area contributed by atoms with Crippen molar-refractivity contribution in [1.29, 1.82) is 0 Å². The first kappa shape index (κ1) is 17.5. The smallest absolute Gasteiger partial charge is 0.346 e. The third-order valence-corrected chi connectivity index (χ3v) is 4.40. The molecule has 1 saturated heterocycles. The zero-order chi connectivity index (χ0) is 17.8. The molecule has 1 aliphatic rings. The van der Waals surface area contributed by atoms with Gasteiger partial charge in [-0.15, -0.1) is 0 Å². The number of hydrogen-bond acceptors (Lipinski definition) is 4. The number of nitrogens with one attached hydrogen (secondary N) is 1. The number of pyridine rings is 1. The van der Waals surface area contributed by atoms with E-state index in [2.05, 4.69) is 20.9 Å². The van der Waals surface area contributed by atoms with E-state index in [1.54, 1.807) is 6.07 Å². The molecule has 1 fully saturated rings. The van der Waals surface area contributed by atoms with Gasteiger partial charge in [-0.3, -0.25) is 4.90 Å². The predicted molar refractivity (Wildman–Crippen MR) is 99.4 cm³/mol. The number of aromatic nitrogens is 1. The summed E-state index contributed by atoms with van der Waals surface area (Å²) in [6, 6.07) is 11.5. The van der Waals surface area contributed by atoms with E-state index in [4.69, 9.17) is 16.3 Å². The number of aromatic amines is 1. The number of ether oxygens (including phenoxy) is 1. The fourth-order valence-corrected chi connectivity index (χ4v) is 3.18. The molecule has 1 aliphatic heterocycles. The molecule has 0 unspecified atom stereocenters. The van der Waals surface area contributed by atoms with Crippen molar-refractivity contribution in [3.05, 3.63) is 53.2 Å². The van der Waals surface area contributed by atoms with Crippen molar-refractivity contribution in [3.63, 3.8) is 0 Å². The maximum absolute atomic E-state index is 12.3. The molecular weight excluding hydrogens is 338 g/mol. The summed E-state index contributed by atoms with van der Waals surface area (Å²) in [5.41, 5.74) is 1.70. The van der Waals surface area contributed by atoms with Crippen LogP contribution in [0.15, 0.2) is 42.6 Å². The number of benzene rings is 1. The maximum atomic E-state index is 12.3. The average Bonchev–Trinajstić information content (AvgIpc) is 2.61. The van der Waals surface area contributed by atoms with Crippen molar-refractivity contribution in [3.8, 4) is 0 Å². The highest BCUT2D eigenvalue weighted by atomic mass is 35.5. The van der Waals surface area contributed by atoms with Crippen molar-refractivity contribution in [2.24, 2.45) is 0 Å². The SMILES string of the molecule is CC(C)OC(=O)c1ccc[nH+]c1N1CCN(c2cccc(Cl)c2)CC1. The maximum Gasteiger partial charge on any atom is 0.346 e. The number of carbonyl (C=O) groups is 1. The van der Waals surface area contributed by atoms with E-state index in [9.17, 15) is 4.79 Å². The lowest BCUT2D eigenvalue weighted by molar-refractivity contribution is -0.364. The molecule has 0 saturated carbocycles. The number of anilines is 2. The fraction of sp³-hybridized carbons (Fsp3) is 0.368. The van der Waals surface area contributed by atoms with Gasteiger partial charge in [-0.2, -0.15) is 0 Å². The highest BCUT2D eigenvalue weighted by Gasteiger charge is 2.29. The zero-order valence-corrected chi connectivity index (χ0v) is 15.3. The zero-order valence-electron chi connectivity index (χ0n) is 14.5. The molecule has 0 bridgehead atoms. The number of piperazine rings is 1. The van der Waals surface area contributed by atoms with Crippen molar-refractivity contribution >= 4 is 29.1 Å². The second kappa shape index (κ2) is 7.74. The van der Waals surface area contributed by atoms with Gasteiger partial charge in [0.05, 0.1) is 25.4 Å². The van der Waals surface area contributed by atoms with Gasteiger partial charge in [-0.05, 0) is 44.2 Å². The van der Waals surface area contributed by atoms with E-state index in [0.29, 0.717) is 5.56 Å². The normalized spacial score (nSPS) is 14.7. The Hall–Kier alpha value is -2.27. The van der Waals surface area contributed by atoms with Crippen LogP contribution in [0.4, 0.5) is 11.5 Å². The van der Waals surface area contributed by atoms with Gasteiger partial charge in [0.2, 0.25) is 0 Å². The summed E-state index contributed by atoms with van der Waals surface area (Å²) in [4.78, 5) is 20.1. The summed E-state index contributed by atoms with van der Waals surface area (Å²) < 4.78 is 5.36. The average molecular weight is 361 g/mol. The Balaban J connectivity index is 1.72. The Labute approximate surface area is 153 Å². The lowest BCUT2D eigenvalue weighted by Crippen LogP contribution is -2.48. The van der Waals surface area contributed by atoms with E-state index in [-0.39, 0.29) is 12.1 Å². The van der Waals surface area contributed by atoms with Crippen molar-refractivity contribution in [2.75, 3.05) is 36.0 Å². The largest absolute Gasteiger partial charge is 0.459 e. The third-order valence-electron chi connectivity index (χ3n) is 4.17. The topological polar surface area (TPSA) is 46.9 Å². The molecule has 0 amide bonds. The fourth-order valence-electron chi connectivity index (χ4n) is 2.99. The lowest BCUT2D eigenvalue weighted by atomic mass is 10.2. The van der Waals surface area contributed by atoms with Crippen LogP contribution >= 0.6 is 11.6 Å². The first-order chi connectivity index (χ1) is 12.0. The van der Waals surface area contributed by atoms with E-state index in [1.807, 2.05) is 44.3 Å². The summed E-state index contributed by atoms with van der Waals surface area (Å²) in [6.45, 7) is 7.06. The van der Waals surface area contributed by atoms with Crippen LogP contribution in [0.2, 0.25) is 5.02 Å². The first-order valence-corrected chi connectivity index (χ1v) is 8.89. The Morgan fingerprint density at radius 2 is 1.84 bits per heavy atom. The molecule has 5 nitrogen and oxygen atoms in total. The Kier molecular flexibility index (Phi) is 5.43. The van der Waals surface area contributed by atoms with Crippen molar-refractivity contribution in [2.45, 2.75) is 20.0 Å². The molecule has 1 N–H and O–H groups in total. The molecule has 0 atom stereocenters. The molecule has 1 aromatic heterocycles. The van der Waals surface area contributed by atoms with E-state index in [0.717, 1.165) is 42.7 Å². The molecule has 2 heterocycles. The second-order valence-corrected chi connectivity index (χ2v) is 6.78. The summed E-state index contributed by atoms with van der Waals surface area (Å²) in [7, 11) is 0. The molecule has 0 spiro atoms. The standard InChI is InChI=1S/C19H22ClN3O2/c1-14(2)25-19(24)17-7-4-8-21-18(17)23-11-9-22(10-12-23)16-6-3-5-15(20)13-16/h3-8,13-14H,9-12H2,1-2H3/p+1. The van der Waals surface area contributed by atoms with Gasteiger partial charge in [-0.1, -0.05) is 17.7 Å². The summed E-state index contributed by atoms with van der Waals surface area (Å²) >= 11 is 6.09. The first-order valence-electron chi connectivity index (χ1n) is 8.52. The highest BCUT2D eigenvalue weighted by molar-refractivity contribution is 6.30. The monoisotopic (exact) mass is 360 g/mol. The molecule has 1 aromatic carbocycles. The van der Waals surface area contributed by atoms with E-state index < -0.39 is 0 Å².